The Morgan fingerprint density at radius 3 is 2.80 bits per heavy atom. The van der Waals surface area contributed by atoms with E-state index in [4.69, 9.17) is 0 Å². The Bertz CT molecular complexity index is 337. The molecule has 1 unspecified atom stereocenters. The van der Waals surface area contributed by atoms with E-state index in [-0.39, 0.29) is 11.9 Å². The number of carbonyl (C=O) groups excluding carboxylic acids is 1. The van der Waals surface area contributed by atoms with Crippen LogP contribution in [0.25, 0.3) is 0 Å². The minimum Gasteiger partial charge on any atom is -0.333 e. The molecule has 0 saturated carbocycles. The van der Waals surface area contributed by atoms with Crippen molar-refractivity contribution in [2.75, 3.05) is 19.6 Å². The van der Waals surface area contributed by atoms with Crippen LogP contribution in [0.2, 0.25) is 0 Å². The summed E-state index contributed by atoms with van der Waals surface area (Å²) < 4.78 is 0. The van der Waals surface area contributed by atoms with Crippen LogP contribution >= 0.6 is 0 Å². The molecule has 1 atom stereocenters. The summed E-state index contributed by atoms with van der Waals surface area (Å²) >= 11 is 0. The summed E-state index contributed by atoms with van der Waals surface area (Å²) in [6.45, 7) is 4.66. The van der Waals surface area contributed by atoms with Gasteiger partial charge in [0.25, 0.3) is 5.91 Å². The molecule has 1 fully saturated rings. The Kier molecular flexibility index (Phi) is 3.02. The molecule has 2 rings (SSSR count). The normalized spacial score (nSPS) is 21.4. The van der Waals surface area contributed by atoms with Crippen molar-refractivity contribution in [3.8, 4) is 0 Å². The van der Waals surface area contributed by atoms with E-state index >= 15 is 0 Å². The van der Waals surface area contributed by atoms with Crippen LogP contribution in [0.4, 0.5) is 0 Å². The van der Waals surface area contributed by atoms with E-state index < -0.39 is 0 Å². The summed E-state index contributed by atoms with van der Waals surface area (Å²) in [5.74, 6) is 0.143. The fraction of sp³-hybridized carbons (Fsp3) is 0.417. The molecule has 15 heavy (non-hydrogen) atoms. The third-order valence-electron chi connectivity index (χ3n) is 2.78. The van der Waals surface area contributed by atoms with Gasteiger partial charge in [-0.3, -0.25) is 4.79 Å². The number of amides is 1. The van der Waals surface area contributed by atoms with E-state index in [1.54, 1.807) is 0 Å². The van der Waals surface area contributed by atoms with Gasteiger partial charge in [-0.05, 0) is 19.1 Å². The molecule has 1 amide bonds. The molecule has 0 radical (unpaired) electrons. The zero-order valence-electron chi connectivity index (χ0n) is 8.94. The second-order valence-corrected chi connectivity index (χ2v) is 3.92. The lowest BCUT2D eigenvalue weighted by atomic mass is 10.1. The van der Waals surface area contributed by atoms with Gasteiger partial charge in [-0.25, -0.2) is 0 Å². The van der Waals surface area contributed by atoms with Crippen LogP contribution in [0.1, 0.15) is 17.3 Å². The van der Waals surface area contributed by atoms with Gasteiger partial charge in [-0.15, -0.1) is 0 Å². The molecule has 1 aliphatic heterocycles. The number of hydrogen-bond acceptors (Lipinski definition) is 2. The summed E-state index contributed by atoms with van der Waals surface area (Å²) in [5, 5.41) is 3.28. The molecule has 0 spiro atoms. The maximum atomic E-state index is 12.1. The first kappa shape index (κ1) is 10.2. The molecular weight excluding hydrogens is 188 g/mol. The largest absolute Gasteiger partial charge is 0.333 e. The number of nitrogens with one attached hydrogen (secondary N) is 1. The van der Waals surface area contributed by atoms with Crippen LogP contribution in [0.5, 0.6) is 0 Å². The smallest absolute Gasteiger partial charge is 0.254 e. The quantitative estimate of drug-likeness (QED) is 0.743. The SMILES string of the molecule is CC1CNCCN1C(=O)c1ccccc1. The minimum absolute atomic E-state index is 0.143. The van der Waals surface area contributed by atoms with E-state index in [0.717, 1.165) is 25.2 Å². The zero-order valence-corrected chi connectivity index (χ0v) is 8.94. The van der Waals surface area contributed by atoms with Crippen LogP contribution in [-0.2, 0) is 0 Å². The van der Waals surface area contributed by atoms with Gasteiger partial charge in [0, 0.05) is 31.2 Å². The predicted molar refractivity (Wildman–Crippen MR) is 59.8 cm³/mol. The van der Waals surface area contributed by atoms with Gasteiger partial charge in [0.05, 0.1) is 0 Å². The topological polar surface area (TPSA) is 32.3 Å². The zero-order chi connectivity index (χ0) is 10.7. The van der Waals surface area contributed by atoms with Gasteiger partial charge >= 0.3 is 0 Å². The molecule has 3 heteroatoms. The molecule has 3 nitrogen and oxygen atoms in total. The lowest BCUT2D eigenvalue weighted by molar-refractivity contribution is 0.0656. The number of rotatable bonds is 1. The molecular formula is C12H16N2O. The van der Waals surface area contributed by atoms with Crippen molar-refractivity contribution >= 4 is 5.91 Å². The highest BCUT2D eigenvalue weighted by Gasteiger charge is 2.23. The van der Waals surface area contributed by atoms with Crippen molar-refractivity contribution in [3.05, 3.63) is 35.9 Å². The fourth-order valence-corrected chi connectivity index (χ4v) is 1.89. The van der Waals surface area contributed by atoms with Crippen LogP contribution in [0.3, 0.4) is 0 Å². The summed E-state index contributed by atoms with van der Waals surface area (Å²) in [7, 11) is 0. The average Bonchev–Trinajstić information content (AvgIpc) is 2.30. The second-order valence-electron chi connectivity index (χ2n) is 3.92. The van der Waals surface area contributed by atoms with Gasteiger partial charge in [-0.1, -0.05) is 18.2 Å². The van der Waals surface area contributed by atoms with Crippen LogP contribution in [-0.4, -0.2) is 36.5 Å². The third kappa shape index (κ3) is 2.18. The van der Waals surface area contributed by atoms with E-state index in [1.165, 1.54) is 0 Å². The number of benzene rings is 1. The minimum atomic E-state index is 0.143. The van der Waals surface area contributed by atoms with Crippen molar-refractivity contribution in [2.45, 2.75) is 13.0 Å². The number of nitrogens with zero attached hydrogens (tertiary/aromatic N) is 1. The monoisotopic (exact) mass is 204 g/mol. The molecule has 1 aliphatic rings. The molecule has 1 N–H and O–H groups in total. The Morgan fingerprint density at radius 1 is 1.40 bits per heavy atom. The van der Waals surface area contributed by atoms with Crippen molar-refractivity contribution in [1.29, 1.82) is 0 Å². The summed E-state index contributed by atoms with van der Waals surface area (Å²) in [6.07, 6.45) is 0. The second kappa shape index (κ2) is 4.45. The summed E-state index contributed by atoms with van der Waals surface area (Å²) in [6, 6.07) is 9.76. The van der Waals surface area contributed by atoms with Crippen molar-refractivity contribution in [2.24, 2.45) is 0 Å². The van der Waals surface area contributed by atoms with Gasteiger partial charge in [0.2, 0.25) is 0 Å². The highest BCUT2D eigenvalue weighted by molar-refractivity contribution is 5.94. The summed E-state index contributed by atoms with van der Waals surface area (Å²) in [5.41, 5.74) is 0.784. The van der Waals surface area contributed by atoms with E-state index in [0.29, 0.717) is 0 Å². The van der Waals surface area contributed by atoms with Crippen LogP contribution < -0.4 is 5.32 Å². The molecule has 0 bridgehead atoms. The van der Waals surface area contributed by atoms with Gasteiger partial charge in [-0.2, -0.15) is 0 Å². The van der Waals surface area contributed by atoms with Crippen molar-refractivity contribution < 1.29 is 4.79 Å². The van der Waals surface area contributed by atoms with Gasteiger partial charge in [0.15, 0.2) is 0 Å². The lowest BCUT2D eigenvalue weighted by Gasteiger charge is -2.34. The first-order chi connectivity index (χ1) is 7.29. The van der Waals surface area contributed by atoms with Crippen molar-refractivity contribution in [3.63, 3.8) is 0 Å². The number of carbonyl (C=O) groups is 1. The highest BCUT2D eigenvalue weighted by atomic mass is 16.2. The highest BCUT2D eigenvalue weighted by Crippen LogP contribution is 2.09. The van der Waals surface area contributed by atoms with Crippen LogP contribution in [0.15, 0.2) is 30.3 Å². The maximum absolute atomic E-state index is 12.1. The van der Waals surface area contributed by atoms with E-state index in [2.05, 4.69) is 12.2 Å². The molecule has 1 saturated heterocycles. The average molecular weight is 204 g/mol. The van der Waals surface area contributed by atoms with E-state index in [1.807, 2.05) is 35.2 Å². The number of piperazine rings is 1. The molecule has 1 heterocycles. The first-order valence-corrected chi connectivity index (χ1v) is 5.36. The molecule has 0 aromatic heterocycles. The predicted octanol–water partition coefficient (Wildman–Crippen LogP) is 1.12. The third-order valence-corrected chi connectivity index (χ3v) is 2.78. The standard InChI is InChI=1S/C12H16N2O/c1-10-9-13-7-8-14(10)12(15)11-5-3-2-4-6-11/h2-6,10,13H,7-9H2,1H3. The van der Waals surface area contributed by atoms with Gasteiger partial charge in [0.1, 0.15) is 0 Å². The fourth-order valence-electron chi connectivity index (χ4n) is 1.89. The van der Waals surface area contributed by atoms with Crippen LogP contribution in [0, 0.1) is 0 Å². The Morgan fingerprint density at radius 2 is 2.13 bits per heavy atom. The Labute approximate surface area is 90.1 Å². The van der Waals surface area contributed by atoms with E-state index in [9.17, 15) is 4.79 Å². The molecule has 1 aromatic rings. The molecule has 0 aliphatic carbocycles. The Balaban J connectivity index is 2.13. The Hall–Kier alpha value is -1.35. The lowest BCUT2D eigenvalue weighted by Crippen LogP contribution is -2.52. The van der Waals surface area contributed by atoms with Crippen molar-refractivity contribution in [1.82, 2.24) is 10.2 Å². The van der Waals surface area contributed by atoms with Gasteiger partial charge < -0.3 is 10.2 Å². The summed E-state index contributed by atoms with van der Waals surface area (Å²) in [4.78, 5) is 14.0. The molecule has 80 valence electrons. The first-order valence-electron chi connectivity index (χ1n) is 5.36. The molecule has 1 aromatic carbocycles. The maximum Gasteiger partial charge on any atom is 0.254 e. The number of hydrogen-bond donors (Lipinski definition) is 1.